The first-order valence-corrected chi connectivity index (χ1v) is 9.79. The lowest BCUT2D eigenvalue weighted by Crippen LogP contribution is -2.34. The summed E-state index contributed by atoms with van der Waals surface area (Å²) in [4.78, 5) is 28.0. The summed E-state index contributed by atoms with van der Waals surface area (Å²) >= 11 is 0. The van der Waals surface area contributed by atoms with Gasteiger partial charge < -0.3 is 10.3 Å². The topological polar surface area (TPSA) is 92.7 Å². The van der Waals surface area contributed by atoms with E-state index >= 15 is 0 Å². The second-order valence-electron chi connectivity index (χ2n) is 7.27. The van der Waals surface area contributed by atoms with Crippen LogP contribution in [0.15, 0.2) is 59.5 Å². The van der Waals surface area contributed by atoms with Crippen molar-refractivity contribution in [2.24, 2.45) is 0 Å². The number of rotatable bonds is 7. The lowest BCUT2D eigenvalue weighted by Gasteiger charge is -2.13. The number of aromatic amines is 1. The third kappa shape index (κ3) is 4.18. The molecule has 0 spiro atoms. The molecule has 2 aromatic heterocycles. The van der Waals surface area contributed by atoms with Gasteiger partial charge in [-0.15, -0.1) is 5.10 Å². The maximum Gasteiger partial charge on any atom is 0.277 e. The second kappa shape index (κ2) is 8.26. The van der Waals surface area contributed by atoms with E-state index in [1.54, 1.807) is 18.2 Å². The van der Waals surface area contributed by atoms with Crippen molar-refractivity contribution in [2.75, 3.05) is 0 Å². The molecule has 0 saturated heterocycles. The number of nitrogens with zero attached hydrogens (tertiary/aromatic N) is 3. The molecule has 0 fully saturated rings. The van der Waals surface area contributed by atoms with Crippen molar-refractivity contribution in [3.05, 3.63) is 70.6 Å². The Morgan fingerprint density at radius 1 is 1.14 bits per heavy atom. The number of aryl methyl sites for hydroxylation is 1. The largest absolute Gasteiger partial charge is 0.361 e. The summed E-state index contributed by atoms with van der Waals surface area (Å²) in [6, 6.07) is 15.3. The third-order valence-corrected chi connectivity index (χ3v) is 5.01. The molecule has 0 radical (unpaired) electrons. The zero-order chi connectivity index (χ0) is 20.2. The Hall–Kier alpha value is -3.48. The number of amides is 1. The van der Waals surface area contributed by atoms with Gasteiger partial charge in [0.25, 0.3) is 5.56 Å². The fourth-order valence-electron chi connectivity index (χ4n) is 3.59. The summed E-state index contributed by atoms with van der Waals surface area (Å²) in [7, 11) is 0. The Balaban J connectivity index is 1.30. The molecular formula is C22H23N5O2. The molecule has 7 nitrogen and oxygen atoms in total. The van der Waals surface area contributed by atoms with Gasteiger partial charge in [0.15, 0.2) is 0 Å². The van der Waals surface area contributed by atoms with E-state index in [2.05, 4.69) is 26.7 Å². The predicted molar refractivity (Wildman–Crippen MR) is 113 cm³/mol. The smallest absolute Gasteiger partial charge is 0.277 e. The van der Waals surface area contributed by atoms with Crippen LogP contribution in [0.5, 0.6) is 0 Å². The number of nitrogens with one attached hydrogen (secondary N) is 2. The molecule has 0 aliphatic rings. The first-order valence-electron chi connectivity index (χ1n) is 9.79. The van der Waals surface area contributed by atoms with Crippen molar-refractivity contribution in [3.8, 4) is 0 Å². The van der Waals surface area contributed by atoms with Gasteiger partial charge in [0, 0.05) is 36.1 Å². The number of para-hydroxylation sites is 1. The van der Waals surface area contributed by atoms with Crippen LogP contribution >= 0.6 is 0 Å². The molecule has 0 bridgehead atoms. The molecule has 1 atom stereocenters. The zero-order valence-electron chi connectivity index (χ0n) is 16.3. The Morgan fingerprint density at radius 2 is 1.90 bits per heavy atom. The molecule has 4 rings (SSSR count). The molecule has 2 heterocycles. The van der Waals surface area contributed by atoms with Crippen LogP contribution in [0, 0.1) is 0 Å². The molecule has 148 valence electrons. The van der Waals surface area contributed by atoms with E-state index in [0.29, 0.717) is 30.3 Å². The molecule has 0 saturated carbocycles. The van der Waals surface area contributed by atoms with Crippen LogP contribution in [-0.4, -0.2) is 31.9 Å². The Kier molecular flexibility index (Phi) is 5.37. The number of H-pyrrole nitrogens is 1. The molecule has 1 unspecified atom stereocenters. The number of hydrogen-bond acceptors (Lipinski definition) is 4. The van der Waals surface area contributed by atoms with E-state index < -0.39 is 0 Å². The summed E-state index contributed by atoms with van der Waals surface area (Å²) in [6.07, 6.45) is 3.61. The molecule has 4 aromatic rings. The maximum atomic E-state index is 12.4. The highest BCUT2D eigenvalue weighted by molar-refractivity contribution is 5.83. The predicted octanol–water partition coefficient (Wildman–Crippen LogP) is 2.80. The molecular weight excluding hydrogens is 366 g/mol. The van der Waals surface area contributed by atoms with Crippen LogP contribution < -0.4 is 10.9 Å². The molecule has 2 aromatic carbocycles. The van der Waals surface area contributed by atoms with Crippen LogP contribution in [-0.2, 0) is 17.8 Å². The van der Waals surface area contributed by atoms with E-state index in [1.165, 1.54) is 15.6 Å². The van der Waals surface area contributed by atoms with Crippen LogP contribution in [0.4, 0.5) is 0 Å². The van der Waals surface area contributed by atoms with Gasteiger partial charge in [-0.25, -0.2) is 4.68 Å². The molecule has 0 aliphatic heterocycles. The van der Waals surface area contributed by atoms with Gasteiger partial charge in [-0.05, 0) is 43.5 Å². The second-order valence-corrected chi connectivity index (χ2v) is 7.27. The van der Waals surface area contributed by atoms with E-state index in [0.717, 1.165) is 11.9 Å². The minimum absolute atomic E-state index is 0.0184. The maximum absolute atomic E-state index is 12.4. The first-order chi connectivity index (χ1) is 14.1. The number of fused-ring (bicyclic) bond motifs is 2. The van der Waals surface area contributed by atoms with Gasteiger partial charge in [0.1, 0.15) is 5.52 Å². The molecule has 0 aliphatic carbocycles. The average Bonchev–Trinajstić information content (AvgIpc) is 3.12. The van der Waals surface area contributed by atoms with Crippen LogP contribution in [0.2, 0.25) is 0 Å². The first kappa shape index (κ1) is 18.9. The van der Waals surface area contributed by atoms with Crippen LogP contribution in [0.25, 0.3) is 21.8 Å². The van der Waals surface area contributed by atoms with Gasteiger partial charge in [0.2, 0.25) is 5.91 Å². The van der Waals surface area contributed by atoms with Crippen molar-refractivity contribution in [3.63, 3.8) is 0 Å². The summed E-state index contributed by atoms with van der Waals surface area (Å²) in [5, 5.41) is 12.8. The van der Waals surface area contributed by atoms with E-state index in [-0.39, 0.29) is 17.5 Å². The molecule has 1 amide bonds. The van der Waals surface area contributed by atoms with Gasteiger partial charge in [-0.1, -0.05) is 35.5 Å². The summed E-state index contributed by atoms with van der Waals surface area (Å²) in [6.45, 7) is 2.36. The van der Waals surface area contributed by atoms with Crippen molar-refractivity contribution in [1.29, 1.82) is 0 Å². The molecule has 29 heavy (non-hydrogen) atoms. The van der Waals surface area contributed by atoms with Crippen molar-refractivity contribution < 1.29 is 4.79 Å². The minimum atomic E-state index is -0.177. The van der Waals surface area contributed by atoms with Crippen molar-refractivity contribution in [2.45, 2.75) is 38.8 Å². The number of carbonyl (C=O) groups is 1. The van der Waals surface area contributed by atoms with E-state index in [9.17, 15) is 9.59 Å². The van der Waals surface area contributed by atoms with Crippen molar-refractivity contribution >= 4 is 27.7 Å². The van der Waals surface area contributed by atoms with Gasteiger partial charge in [-0.2, -0.15) is 0 Å². The normalized spacial score (nSPS) is 12.3. The SMILES string of the molecule is CC(Cc1c[nH]c2ccccc12)NC(=O)CCCn1nnc2ccccc2c1=O. The fraction of sp³-hybridized carbons (Fsp3) is 0.273. The third-order valence-electron chi connectivity index (χ3n) is 5.01. The summed E-state index contributed by atoms with van der Waals surface area (Å²) < 4.78 is 1.32. The number of hydrogen-bond donors (Lipinski definition) is 2. The number of benzene rings is 2. The standard InChI is InChI=1S/C22H23N5O2/c1-15(13-16-14-23-19-9-4-2-7-17(16)19)24-21(28)11-6-12-27-22(29)18-8-3-5-10-20(18)25-26-27/h2-5,7-10,14-15,23H,6,11-13H2,1H3,(H,24,28). The molecule has 2 N–H and O–H groups in total. The highest BCUT2D eigenvalue weighted by Gasteiger charge is 2.12. The highest BCUT2D eigenvalue weighted by Crippen LogP contribution is 2.19. The van der Waals surface area contributed by atoms with E-state index in [1.807, 2.05) is 37.4 Å². The number of carbonyl (C=O) groups excluding carboxylic acids is 1. The lowest BCUT2D eigenvalue weighted by atomic mass is 10.1. The Bertz CT molecular complexity index is 1210. The zero-order valence-corrected chi connectivity index (χ0v) is 16.3. The quantitative estimate of drug-likeness (QED) is 0.508. The van der Waals surface area contributed by atoms with Gasteiger partial charge >= 0.3 is 0 Å². The summed E-state index contributed by atoms with van der Waals surface area (Å²) in [5.74, 6) is -0.0286. The summed E-state index contributed by atoms with van der Waals surface area (Å²) in [5.41, 5.74) is 2.69. The van der Waals surface area contributed by atoms with Gasteiger partial charge in [-0.3, -0.25) is 9.59 Å². The van der Waals surface area contributed by atoms with Gasteiger partial charge in [0.05, 0.1) is 5.39 Å². The number of aromatic nitrogens is 4. The van der Waals surface area contributed by atoms with E-state index in [4.69, 9.17) is 0 Å². The minimum Gasteiger partial charge on any atom is -0.361 e. The monoisotopic (exact) mass is 389 g/mol. The molecule has 7 heteroatoms. The highest BCUT2D eigenvalue weighted by atomic mass is 16.1. The average molecular weight is 389 g/mol. The van der Waals surface area contributed by atoms with Crippen LogP contribution in [0.3, 0.4) is 0 Å². The van der Waals surface area contributed by atoms with Crippen LogP contribution in [0.1, 0.15) is 25.3 Å². The Labute approximate surface area is 167 Å². The lowest BCUT2D eigenvalue weighted by molar-refractivity contribution is -0.121. The van der Waals surface area contributed by atoms with Crippen molar-refractivity contribution in [1.82, 2.24) is 25.3 Å². The Morgan fingerprint density at radius 3 is 2.76 bits per heavy atom. The fourth-order valence-corrected chi connectivity index (χ4v) is 3.59.